The number of fused-ring (bicyclic) bond motifs is 1. The molecule has 3 N–H and O–H groups in total. The van der Waals surface area contributed by atoms with Gasteiger partial charge in [-0.25, -0.2) is 0 Å². The molecule has 0 bridgehead atoms. The largest absolute Gasteiger partial charge is 0.396 e. The number of aliphatic hydroxyl groups is 1. The molecule has 2 heteroatoms. The predicted molar refractivity (Wildman–Crippen MR) is 87.1 cm³/mol. The van der Waals surface area contributed by atoms with Crippen LogP contribution in [0.3, 0.4) is 0 Å². The van der Waals surface area contributed by atoms with Gasteiger partial charge in [0.2, 0.25) is 0 Å². The van der Waals surface area contributed by atoms with Crippen molar-refractivity contribution in [2.45, 2.75) is 12.0 Å². The molecule has 3 rings (SSSR count). The fourth-order valence-electron chi connectivity index (χ4n) is 2.88. The lowest BCUT2D eigenvalue weighted by molar-refractivity contribution is 0.249. The fourth-order valence-corrected chi connectivity index (χ4v) is 2.88. The maximum absolute atomic E-state index is 9.80. The molecule has 2 unspecified atom stereocenters. The summed E-state index contributed by atoms with van der Waals surface area (Å²) in [5.74, 6) is -0.1000. The van der Waals surface area contributed by atoms with Crippen molar-refractivity contribution in [2.24, 2.45) is 5.73 Å². The quantitative estimate of drug-likeness (QED) is 0.765. The molecule has 21 heavy (non-hydrogen) atoms. The minimum Gasteiger partial charge on any atom is -0.396 e. The van der Waals surface area contributed by atoms with Gasteiger partial charge in [-0.15, -0.1) is 0 Å². The Balaban J connectivity index is 2.05. The topological polar surface area (TPSA) is 46.2 Å². The Kier molecular flexibility index (Phi) is 4.00. The van der Waals surface area contributed by atoms with Crippen LogP contribution in [0.1, 0.15) is 23.1 Å². The molecule has 0 spiro atoms. The molecule has 0 aromatic heterocycles. The van der Waals surface area contributed by atoms with E-state index in [1.807, 2.05) is 48.5 Å². The van der Waals surface area contributed by atoms with Crippen LogP contribution < -0.4 is 5.73 Å². The minimum atomic E-state index is -0.233. The number of rotatable bonds is 4. The predicted octanol–water partition coefficient (Wildman–Crippen LogP) is 3.62. The van der Waals surface area contributed by atoms with Crippen molar-refractivity contribution in [2.75, 3.05) is 6.61 Å². The highest BCUT2D eigenvalue weighted by molar-refractivity contribution is 5.86. The minimum absolute atomic E-state index is 0.0361. The molecule has 0 radical (unpaired) electrons. The molecule has 0 heterocycles. The van der Waals surface area contributed by atoms with Crippen LogP contribution in [-0.4, -0.2) is 11.7 Å². The Morgan fingerprint density at radius 2 is 1.48 bits per heavy atom. The monoisotopic (exact) mass is 277 g/mol. The average molecular weight is 277 g/mol. The van der Waals surface area contributed by atoms with Crippen LogP contribution in [0.15, 0.2) is 72.8 Å². The van der Waals surface area contributed by atoms with Gasteiger partial charge in [-0.2, -0.15) is 0 Å². The molecular formula is C19H19NO. The van der Waals surface area contributed by atoms with E-state index in [1.165, 1.54) is 5.39 Å². The van der Waals surface area contributed by atoms with Crippen molar-refractivity contribution in [3.05, 3.63) is 83.9 Å². The summed E-state index contributed by atoms with van der Waals surface area (Å²) in [6.07, 6.45) is 0. The lowest BCUT2D eigenvalue weighted by Gasteiger charge is -2.24. The molecule has 0 aliphatic rings. The molecule has 106 valence electrons. The van der Waals surface area contributed by atoms with E-state index in [-0.39, 0.29) is 18.6 Å². The lowest BCUT2D eigenvalue weighted by atomic mass is 9.86. The standard InChI is InChI=1S/C19H19NO/c20-19(18(13-21)15-7-2-1-3-8-15)17-12-6-10-14-9-4-5-11-16(14)17/h1-12,18-19,21H,13,20H2. The first kappa shape index (κ1) is 13.8. The van der Waals surface area contributed by atoms with E-state index in [0.717, 1.165) is 16.5 Å². The molecule has 0 saturated carbocycles. The molecule has 3 aromatic rings. The summed E-state index contributed by atoms with van der Waals surface area (Å²) in [6.45, 7) is 0.0361. The van der Waals surface area contributed by atoms with Gasteiger partial charge in [0.05, 0.1) is 6.61 Å². The van der Waals surface area contributed by atoms with E-state index in [1.54, 1.807) is 0 Å². The summed E-state index contributed by atoms with van der Waals surface area (Å²) < 4.78 is 0. The highest BCUT2D eigenvalue weighted by atomic mass is 16.3. The van der Waals surface area contributed by atoms with Gasteiger partial charge in [0.1, 0.15) is 0 Å². The zero-order valence-corrected chi connectivity index (χ0v) is 11.8. The maximum Gasteiger partial charge on any atom is 0.0518 e. The van der Waals surface area contributed by atoms with Crippen molar-refractivity contribution in [3.63, 3.8) is 0 Å². The molecule has 0 saturated heterocycles. The lowest BCUT2D eigenvalue weighted by Crippen LogP contribution is -2.23. The Bertz CT molecular complexity index is 718. The molecule has 3 aromatic carbocycles. The van der Waals surface area contributed by atoms with Gasteiger partial charge in [0.25, 0.3) is 0 Å². The van der Waals surface area contributed by atoms with Gasteiger partial charge in [0.15, 0.2) is 0 Å². The van der Waals surface area contributed by atoms with Crippen LogP contribution in [0.2, 0.25) is 0 Å². The SMILES string of the molecule is NC(c1cccc2ccccc12)C(CO)c1ccccc1. The summed E-state index contributed by atoms with van der Waals surface area (Å²) in [4.78, 5) is 0. The number of hydrogen-bond donors (Lipinski definition) is 2. The Morgan fingerprint density at radius 1 is 0.810 bits per heavy atom. The van der Waals surface area contributed by atoms with Crippen LogP contribution in [0.5, 0.6) is 0 Å². The number of hydrogen-bond acceptors (Lipinski definition) is 2. The van der Waals surface area contributed by atoms with E-state index in [4.69, 9.17) is 5.73 Å². The third-order valence-electron chi connectivity index (χ3n) is 4.04. The summed E-state index contributed by atoms with van der Waals surface area (Å²) >= 11 is 0. The second-order valence-corrected chi connectivity index (χ2v) is 5.29. The van der Waals surface area contributed by atoms with E-state index >= 15 is 0 Å². The van der Waals surface area contributed by atoms with Gasteiger partial charge < -0.3 is 10.8 Å². The van der Waals surface area contributed by atoms with Crippen LogP contribution in [0, 0.1) is 0 Å². The van der Waals surface area contributed by atoms with E-state index in [9.17, 15) is 5.11 Å². The smallest absolute Gasteiger partial charge is 0.0518 e. The van der Waals surface area contributed by atoms with Crippen LogP contribution in [0.25, 0.3) is 10.8 Å². The number of aliphatic hydroxyl groups excluding tert-OH is 1. The van der Waals surface area contributed by atoms with Gasteiger partial charge in [-0.3, -0.25) is 0 Å². The van der Waals surface area contributed by atoms with Crippen molar-refractivity contribution in [3.8, 4) is 0 Å². The number of nitrogens with two attached hydrogens (primary N) is 1. The summed E-state index contributed by atoms with van der Waals surface area (Å²) in [6, 6.07) is 24.1. The molecule has 0 amide bonds. The van der Waals surface area contributed by atoms with Gasteiger partial charge >= 0.3 is 0 Å². The second-order valence-electron chi connectivity index (χ2n) is 5.29. The Labute approximate surface area is 124 Å². The molecular weight excluding hydrogens is 258 g/mol. The first-order chi connectivity index (χ1) is 10.3. The van der Waals surface area contributed by atoms with Crippen LogP contribution >= 0.6 is 0 Å². The van der Waals surface area contributed by atoms with E-state index in [2.05, 4.69) is 24.3 Å². The summed E-state index contributed by atoms with van der Waals surface area (Å²) in [7, 11) is 0. The zero-order valence-electron chi connectivity index (χ0n) is 11.8. The molecule has 0 aliphatic carbocycles. The highest BCUT2D eigenvalue weighted by Crippen LogP contribution is 2.32. The molecule has 2 atom stereocenters. The Morgan fingerprint density at radius 3 is 2.24 bits per heavy atom. The normalized spacial score (nSPS) is 14.0. The first-order valence-electron chi connectivity index (χ1n) is 7.20. The molecule has 0 aliphatic heterocycles. The van der Waals surface area contributed by atoms with E-state index < -0.39 is 0 Å². The number of benzene rings is 3. The highest BCUT2D eigenvalue weighted by Gasteiger charge is 2.21. The third-order valence-corrected chi connectivity index (χ3v) is 4.04. The Hall–Kier alpha value is -2.16. The summed E-state index contributed by atoms with van der Waals surface area (Å²) in [5.41, 5.74) is 8.64. The third kappa shape index (κ3) is 2.68. The summed E-state index contributed by atoms with van der Waals surface area (Å²) in [5, 5.41) is 12.1. The molecule has 2 nitrogen and oxygen atoms in total. The van der Waals surface area contributed by atoms with E-state index in [0.29, 0.717) is 0 Å². The van der Waals surface area contributed by atoms with Crippen molar-refractivity contribution >= 4 is 10.8 Å². The van der Waals surface area contributed by atoms with Crippen LogP contribution in [-0.2, 0) is 0 Å². The maximum atomic E-state index is 9.80. The zero-order chi connectivity index (χ0) is 14.7. The first-order valence-corrected chi connectivity index (χ1v) is 7.20. The fraction of sp³-hybridized carbons (Fsp3) is 0.158. The second kappa shape index (κ2) is 6.08. The van der Waals surface area contributed by atoms with Gasteiger partial charge in [-0.05, 0) is 21.9 Å². The molecule has 0 fully saturated rings. The van der Waals surface area contributed by atoms with Gasteiger partial charge in [0, 0.05) is 12.0 Å². The van der Waals surface area contributed by atoms with Crippen molar-refractivity contribution < 1.29 is 5.11 Å². The van der Waals surface area contributed by atoms with Gasteiger partial charge in [-0.1, -0.05) is 72.8 Å². The van der Waals surface area contributed by atoms with Crippen molar-refractivity contribution in [1.29, 1.82) is 0 Å². The van der Waals surface area contributed by atoms with Crippen LogP contribution in [0.4, 0.5) is 0 Å². The average Bonchev–Trinajstić information content (AvgIpc) is 2.56. The van der Waals surface area contributed by atoms with Crippen molar-refractivity contribution in [1.82, 2.24) is 0 Å².